The molecular formula is C23H24FN5O2. The van der Waals surface area contributed by atoms with Crippen LogP contribution < -0.4 is 10.1 Å². The van der Waals surface area contributed by atoms with Crippen LogP contribution in [0.5, 0.6) is 5.75 Å². The molecule has 0 unspecified atom stereocenters. The number of rotatable bonds is 5. The Morgan fingerprint density at radius 1 is 1.13 bits per heavy atom. The van der Waals surface area contributed by atoms with Crippen molar-refractivity contribution in [1.82, 2.24) is 19.7 Å². The minimum absolute atomic E-state index is 0.281. The fourth-order valence-electron chi connectivity index (χ4n) is 4.70. The van der Waals surface area contributed by atoms with Crippen LogP contribution in [0.25, 0.3) is 0 Å². The van der Waals surface area contributed by atoms with Crippen LogP contribution in [0.3, 0.4) is 0 Å². The molecule has 2 aliphatic heterocycles. The van der Waals surface area contributed by atoms with Crippen LogP contribution in [-0.2, 0) is 19.5 Å². The largest absolute Gasteiger partial charge is 0.497 e. The fourth-order valence-corrected chi connectivity index (χ4v) is 4.70. The Kier molecular flexibility index (Phi) is 5.15. The molecule has 31 heavy (non-hydrogen) atoms. The van der Waals surface area contributed by atoms with E-state index in [4.69, 9.17) is 4.74 Å². The topological polar surface area (TPSA) is 72.3 Å². The van der Waals surface area contributed by atoms with Gasteiger partial charge in [-0.05, 0) is 47.7 Å². The van der Waals surface area contributed by atoms with E-state index < -0.39 is 5.82 Å². The SMILES string of the molecule is COc1cccc(CN2C[C@@H]3Cn4c(nnc4C(=O)Nc4cccc(F)c4)C[C@H]3C2)c1. The summed E-state index contributed by atoms with van der Waals surface area (Å²) in [5, 5.41) is 11.1. The Balaban J connectivity index is 1.27. The highest BCUT2D eigenvalue weighted by molar-refractivity contribution is 6.01. The van der Waals surface area contributed by atoms with Gasteiger partial charge in [0.25, 0.3) is 5.91 Å². The smallest absolute Gasteiger partial charge is 0.293 e. The summed E-state index contributed by atoms with van der Waals surface area (Å²) in [6, 6.07) is 14.0. The monoisotopic (exact) mass is 421 g/mol. The van der Waals surface area contributed by atoms with Gasteiger partial charge >= 0.3 is 0 Å². The van der Waals surface area contributed by atoms with Crippen LogP contribution in [0.1, 0.15) is 22.0 Å². The lowest BCUT2D eigenvalue weighted by Gasteiger charge is -2.25. The average molecular weight is 421 g/mol. The van der Waals surface area contributed by atoms with Gasteiger partial charge in [0.15, 0.2) is 0 Å². The van der Waals surface area contributed by atoms with Crippen LogP contribution in [0.2, 0.25) is 0 Å². The first-order valence-electron chi connectivity index (χ1n) is 10.4. The Bertz CT molecular complexity index is 1110. The van der Waals surface area contributed by atoms with Crippen LogP contribution in [-0.4, -0.2) is 45.8 Å². The summed E-state index contributed by atoms with van der Waals surface area (Å²) in [6.07, 6.45) is 0.805. The van der Waals surface area contributed by atoms with Crippen molar-refractivity contribution in [2.45, 2.75) is 19.5 Å². The van der Waals surface area contributed by atoms with Crippen LogP contribution in [0, 0.1) is 17.7 Å². The molecule has 2 aliphatic rings. The molecule has 3 heterocycles. The van der Waals surface area contributed by atoms with Crippen molar-refractivity contribution in [2.24, 2.45) is 11.8 Å². The predicted octanol–water partition coefficient (Wildman–Crippen LogP) is 2.98. The zero-order valence-corrected chi connectivity index (χ0v) is 17.3. The summed E-state index contributed by atoms with van der Waals surface area (Å²) in [5.41, 5.74) is 1.63. The number of fused-ring (bicyclic) bond motifs is 2. The van der Waals surface area contributed by atoms with Crippen molar-refractivity contribution in [2.75, 3.05) is 25.5 Å². The number of likely N-dealkylation sites (tertiary alicyclic amines) is 1. The Morgan fingerprint density at radius 3 is 2.81 bits per heavy atom. The van der Waals surface area contributed by atoms with Crippen LogP contribution >= 0.6 is 0 Å². The average Bonchev–Trinajstić information content (AvgIpc) is 3.34. The fraction of sp³-hybridized carbons (Fsp3) is 0.348. The molecule has 8 heteroatoms. The number of nitrogens with zero attached hydrogens (tertiary/aromatic N) is 4. The molecule has 3 aromatic rings. The third-order valence-corrected chi connectivity index (χ3v) is 6.17. The van der Waals surface area contributed by atoms with E-state index in [9.17, 15) is 9.18 Å². The van der Waals surface area contributed by atoms with Gasteiger partial charge in [-0.15, -0.1) is 10.2 Å². The van der Waals surface area contributed by atoms with E-state index in [-0.39, 0.29) is 11.7 Å². The number of nitrogens with one attached hydrogen (secondary N) is 1. The summed E-state index contributed by atoms with van der Waals surface area (Å²) in [5.74, 6) is 2.17. The zero-order valence-electron chi connectivity index (χ0n) is 17.3. The van der Waals surface area contributed by atoms with Gasteiger partial charge in [-0.3, -0.25) is 9.69 Å². The summed E-state index contributed by atoms with van der Waals surface area (Å²) >= 11 is 0. The van der Waals surface area contributed by atoms with Crippen molar-refractivity contribution in [3.05, 3.63) is 71.6 Å². The van der Waals surface area contributed by atoms with E-state index in [1.54, 1.807) is 19.2 Å². The highest BCUT2D eigenvalue weighted by atomic mass is 19.1. The van der Waals surface area contributed by atoms with E-state index in [1.807, 2.05) is 16.7 Å². The number of halogens is 1. The molecule has 5 rings (SSSR count). The number of hydrogen-bond donors (Lipinski definition) is 1. The van der Waals surface area contributed by atoms with Gasteiger partial charge in [-0.25, -0.2) is 4.39 Å². The summed E-state index contributed by atoms with van der Waals surface area (Å²) in [6.45, 7) is 3.55. The second kappa shape index (κ2) is 8.11. The van der Waals surface area contributed by atoms with Crippen molar-refractivity contribution < 1.29 is 13.9 Å². The van der Waals surface area contributed by atoms with Crippen LogP contribution in [0.4, 0.5) is 10.1 Å². The number of ether oxygens (including phenoxy) is 1. The molecule has 0 radical (unpaired) electrons. The standard InChI is InChI=1S/C23H24FN5O2/c1-31-20-7-2-4-15(8-20)11-28-12-16-9-21-26-27-22(29(21)14-17(16)13-28)23(30)25-19-6-3-5-18(24)10-19/h2-8,10,16-17H,9,11-14H2,1H3,(H,25,30)/t16-,17+/m0/s1. The minimum Gasteiger partial charge on any atom is -0.497 e. The van der Waals surface area contributed by atoms with E-state index in [2.05, 4.69) is 32.5 Å². The molecular weight excluding hydrogens is 397 g/mol. The highest BCUT2D eigenvalue weighted by Crippen LogP contribution is 2.33. The first-order chi connectivity index (χ1) is 15.1. The van der Waals surface area contributed by atoms with Crippen LogP contribution in [0.15, 0.2) is 48.5 Å². The van der Waals surface area contributed by atoms with Crippen molar-refractivity contribution in [3.63, 3.8) is 0 Å². The third-order valence-electron chi connectivity index (χ3n) is 6.17. The second-order valence-electron chi connectivity index (χ2n) is 8.28. The van der Waals surface area contributed by atoms with Crippen molar-refractivity contribution >= 4 is 11.6 Å². The van der Waals surface area contributed by atoms with Gasteiger partial charge in [0, 0.05) is 38.3 Å². The molecule has 1 amide bonds. The maximum Gasteiger partial charge on any atom is 0.293 e. The second-order valence-corrected chi connectivity index (χ2v) is 8.28. The maximum atomic E-state index is 13.4. The minimum atomic E-state index is -0.397. The van der Waals surface area contributed by atoms with Gasteiger partial charge in [0.2, 0.25) is 5.82 Å². The van der Waals surface area contributed by atoms with Gasteiger partial charge in [-0.2, -0.15) is 0 Å². The van der Waals surface area contributed by atoms with Gasteiger partial charge in [-0.1, -0.05) is 18.2 Å². The Hall–Kier alpha value is -3.26. The molecule has 2 aromatic carbocycles. The third kappa shape index (κ3) is 4.03. The lowest BCUT2D eigenvalue weighted by molar-refractivity contribution is 0.100. The molecule has 1 N–H and O–H groups in total. The number of methoxy groups -OCH3 is 1. The van der Waals surface area contributed by atoms with E-state index >= 15 is 0 Å². The molecule has 1 saturated heterocycles. The molecule has 0 aliphatic carbocycles. The molecule has 2 atom stereocenters. The highest BCUT2D eigenvalue weighted by Gasteiger charge is 2.39. The van der Waals surface area contributed by atoms with E-state index in [1.165, 1.54) is 17.7 Å². The normalized spacial score (nSPS) is 20.2. The number of benzene rings is 2. The van der Waals surface area contributed by atoms with Crippen molar-refractivity contribution in [3.8, 4) is 5.75 Å². The molecule has 1 fully saturated rings. The molecule has 0 bridgehead atoms. The van der Waals surface area contributed by atoms with E-state index in [0.717, 1.165) is 37.6 Å². The number of carbonyl (C=O) groups excluding carboxylic acids is 1. The molecule has 0 spiro atoms. The summed E-state index contributed by atoms with van der Waals surface area (Å²) in [7, 11) is 1.68. The first kappa shape index (κ1) is 19.7. The van der Waals surface area contributed by atoms with Gasteiger partial charge in [0.1, 0.15) is 17.4 Å². The summed E-state index contributed by atoms with van der Waals surface area (Å²) < 4.78 is 20.7. The number of carbonyl (C=O) groups is 1. The van der Waals surface area contributed by atoms with Gasteiger partial charge in [0.05, 0.1) is 7.11 Å². The quantitative estimate of drug-likeness (QED) is 0.686. The first-order valence-corrected chi connectivity index (χ1v) is 10.4. The Morgan fingerprint density at radius 2 is 1.97 bits per heavy atom. The maximum absolute atomic E-state index is 13.4. The molecule has 160 valence electrons. The van der Waals surface area contributed by atoms with Gasteiger partial charge < -0.3 is 14.6 Å². The lowest BCUT2D eigenvalue weighted by Crippen LogP contribution is -2.31. The lowest BCUT2D eigenvalue weighted by atomic mass is 9.89. The number of aromatic nitrogens is 3. The predicted molar refractivity (Wildman–Crippen MR) is 113 cm³/mol. The summed E-state index contributed by atoms with van der Waals surface area (Å²) in [4.78, 5) is 15.2. The number of hydrogen-bond acceptors (Lipinski definition) is 5. The molecule has 0 saturated carbocycles. The van der Waals surface area contributed by atoms with Crippen molar-refractivity contribution in [1.29, 1.82) is 0 Å². The molecule has 1 aromatic heterocycles. The molecule has 7 nitrogen and oxygen atoms in total. The number of amides is 1. The zero-order chi connectivity index (χ0) is 21.4. The Labute approximate surface area is 179 Å². The van der Waals surface area contributed by atoms with E-state index in [0.29, 0.717) is 24.1 Å². The number of anilines is 1.